The van der Waals surface area contributed by atoms with Crippen LogP contribution < -0.4 is 15.8 Å². The lowest BCUT2D eigenvalue weighted by Gasteiger charge is -2.42. The highest BCUT2D eigenvalue weighted by atomic mass is 16.5. The topological polar surface area (TPSA) is 65.5 Å². The number of ether oxygens (including phenoxy) is 1. The second kappa shape index (κ2) is 8.01. The predicted octanol–water partition coefficient (Wildman–Crippen LogP) is 2.65. The predicted molar refractivity (Wildman–Crippen MR) is 118 cm³/mol. The van der Waals surface area contributed by atoms with Crippen LogP contribution in [0.2, 0.25) is 0 Å². The maximum absolute atomic E-state index is 6.44. The third-order valence-corrected chi connectivity index (χ3v) is 7.77. The molecule has 2 aliphatic heterocycles. The van der Waals surface area contributed by atoms with Crippen molar-refractivity contribution in [3.8, 4) is 0 Å². The minimum Gasteiger partial charge on any atom is -0.372 e. The molecule has 1 aromatic rings. The van der Waals surface area contributed by atoms with E-state index in [1.54, 1.807) is 6.33 Å². The van der Waals surface area contributed by atoms with Crippen LogP contribution in [-0.2, 0) is 4.74 Å². The van der Waals surface area contributed by atoms with Crippen LogP contribution in [0.1, 0.15) is 71.5 Å². The second-order valence-electron chi connectivity index (χ2n) is 10.5. The van der Waals surface area contributed by atoms with E-state index in [9.17, 15) is 0 Å². The Bertz CT molecular complexity index is 753. The monoisotopic (exact) mass is 414 g/mol. The average molecular weight is 415 g/mol. The molecule has 5 atom stereocenters. The summed E-state index contributed by atoms with van der Waals surface area (Å²) in [6.45, 7) is 12.3. The number of hydrazine groups is 1. The van der Waals surface area contributed by atoms with E-state index >= 15 is 0 Å². The first kappa shape index (κ1) is 20.6. The van der Waals surface area contributed by atoms with E-state index < -0.39 is 0 Å². The summed E-state index contributed by atoms with van der Waals surface area (Å²) in [5, 5.41) is 0. The van der Waals surface area contributed by atoms with Crippen LogP contribution in [0.25, 0.3) is 0 Å². The van der Waals surface area contributed by atoms with Crippen molar-refractivity contribution in [2.45, 2.75) is 95.7 Å². The Morgan fingerprint density at radius 3 is 2.73 bits per heavy atom. The van der Waals surface area contributed by atoms with E-state index in [-0.39, 0.29) is 11.6 Å². The van der Waals surface area contributed by atoms with Crippen LogP contribution in [0, 0.1) is 5.92 Å². The van der Waals surface area contributed by atoms with Gasteiger partial charge in [0.15, 0.2) is 0 Å². The summed E-state index contributed by atoms with van der Waals surface area (Å²) in [5.74, 6) is 1.58. The Kier molecular flexibility index (Phi) is 5.50. The average Bonchev–Trinajstić information content (AvgIpc) is 3.30. The number of nitrogens with one attached hydrogen (secondary N) is 2. The summed E-state index contributed by atoms with van der Waals surface area (Å²) in [6.07, 6.45) is 8.00. The first-order valence-electron chi connectivity index (χ1n) is 11.9. The van der Waals surface area contributed by atoms with Crippen molar-refractivity contribution in [2.75, 3.05) is 24.5 Å². The quantitative estimate of drug-likeness (QED) is 0.768. The van der Waals surface area contributed by atoms with Gasteiger partial charge in [-0.1, -0.05) is 0 Å². The fourth-order valence-corrected chi connectivity index (χ4v) is 5.76. The first-order chi connectivity index (χ1) is 14.4. The Hall–Kier alpha value is -1.28. The number of piperazine rings is 1. The van der Waals surface area contributed by atoms with Gasteiger partial charge in [0.25, 0.3) is 0 Å². The molecule has 30 heavy (non-hydrogen) atoms. The fourth-order valence-electron chi connectivity index (χ4n) is 5.76. The molecule has 4 aliphatic rings. The number of rotatable bonds is 5. The zero-order valence-electron chi connectivity index (χ0n) is 19.0. The highest BCUT2D eigenvalue weighted by Crippen LogP contribution is 2.45. The van der Waals surface area contributed by atoms with E-state index in [0.29, 0.717) is 30.1 Å². The van der Waals surface area contributed by atoms with Crippen molar-refractivity contribution in [1.82, 2.24) is 25.7 Å². The van der Waals surface area contributed by atoms with Crippen molar-refractivity contribution >= 4 is 5.82 Å². The molecular formula is C23H38N6O. The van der Waals surface area contributed by atoms with Crippen molar-refractivity contribution in [3.63, 3.8) is 0 Å². The van der Waals surface area contributed by atoms with Gasteiger partial charge in [0.1, 0.15) is 12.1 Å². The normalized spacial score (nSPS) is 36.2. The van der Waals surface area contributed by atoms with E-state index in [4.69, 9.17) is 4.74 Å². The maximum Gasteiger partial charge on any atom is 0.132 e. The number of hydrogen-bond donors (Lipinski definition) is 2. The van der Waals surface area contributed by atoms with Crippen LogP contribution in [0.15, 0.2) is 12.4 Å². The molecule has 2 aliphatic carbocycles. The third-order valence-electron chi connectivity index (χ3n) is 7.77. The summed E-state index contributed by atoms with van der Waals surface area (Å²) in [4.78, 5) is 14.3. The molecule has 7 nitrogen and oxygen atoms in total. The lowest BCUT2D eigenvalue weighted by atomic mass is 9.79. The molecular weight excluding hydrogens is 376 g/mol. The van der Waals surface area contributed by atoms with Gasteiger partial charge in [0.05, 0.1) is 23.4 Å². The highest BCUT2D eigenvalue weighted by molar-refractivity contribution is 5.41. The van der Waals surface area contributed by atoms with Crippen LogP contribution in [0.4, 0.5) is 5.82 Å². The summed E-state index contributed by atoms with van der Waals surface area (Å²) in [6, 6.07) is 4.08. The second-order valence-corrected chi connectivity index (χ2v) is 10.5. The van der Waals surface area contributed by atoms with Gasteiger partial charge in [-0.15, -0.1) is 0 Å². The summed E-state index contributed by atoms with van der Waals surface area (Å²) in [5.41, 5.74) is 8.36. The molecule has 1 aromatic heterocycles. The van der Waals surface area contributed by atoms with E-state index in [1.165, 1.54) is 19.3 Å². The van der Waals surface area contributed by atoms with Crippen LogP contribution >= 0.6 is 0 Å². The number of anilines is 1. The SMILES string of the molecule is CC(C)N1CCN(c2cc(C3NNC4CCC(OC5(C)CC5)CC43)ncn2)C[C@H]1C. The fraction of sp³-hybridized carbons (Fsp3) is 0.826. The van der Waals surface area contributed by atoms with Gasteiger partial charge in [-0.05, 0) is 59.8 Å². The van der Waals surface area contributed by atoms with Gasteiger partial charge < -0.3 is 9.64 Å². The molecule has 0 aromatic carbocycles. The van der Waals surface area contributed by atoms with Crippen molar-refractivity contribution in [3.05, 3.63) is 18.1 Å². The molecule has 166 valence electrons. The Morgan fingerprint density at radius 1 is 1.17 bits per heavy atom. The molecule has 4 fully saturated rings. The van der Waals surface area contributed by atoms with Gasteiger partial charge in [0, 0.05) is 49.7 Å². The number of aromatic nitrogens is 2. The van der Waals surface area contributed by atoms with Crippen molar-refractivity contribution in [2.24, 2.45) is 5.92 Å². The molecule has 0 amide bonds. The number of fused-ring (bicyclic) bond motifs is 1. The Morgan fingerprint density at radius 2 is 2.00 bits per heavy atom. The van der Waals surface area contributed by atoms with E-state index in [1.807, 2.05) is 0 Å². The Balaban J connectivity index is 1.28. The first-order valence-corrected chi connectivity index (χ1v) is 11.9. The third kappa shape index (κ3) is 4.09. The van der Waals surface area contributed by atoms with Crippen LogP contribution in [0.5, 0.6) is 0 Å². The molecule has 2 N–H and O–H groups in total. The van der Waals surface area contributed by atoms with Crippen molar-refractivity contribution in [1.29, 1.82) is 0 Å². The lowest BCUT2D eigenvalue weighted by molar-refractivity contribution is -0.0500. The van der Waals surface area contributed by atoms with Gasteiger partial charge in [-0.25, -0.2) is 15.4 Å². The minimum atomic E-state index is 0.156. The van der Waals surface area contributed by atoms with E-state index in [2.05, 4.69) is 64.4 Å². The standard InChI is InChI=1S/C23H38N6O/c1-15(2)29-10-9-28(13-16(29)3)21-12-20(24-14-25-21)22-18-11-17(30-23(4)7-8-23)5-6-19(18)26-27-22/h12,14-19,22,26-27H,5-11,13H2,1-4H3/t16-,17?,18?,19?,22?/m1/s1. The summed E-state index contributed by atoms with van der Waals surface area (Å²) in [7, 11) is 0. The molecule has 0 radical (unpaired) electrons. The molecule has 3 heterocycles. The maximum atomic E-state index is 6.44. The van der Waals surface area contributed by atoms with Gasteiger partial charge >= 0.3 is 0 Å². The van der Waals surface area contributed by atoms with Gasteiger partial charge in [-0.2, -0.15) is 0 Å². The van der Waals surface area contributed by atoms with Crippen LogP contribution in [-0.4, -0.2) is 64.3 Å². The summed E-state index contributed by atoms with van der Waals surface area (Å²) >= 11 is 0. The Labute approximate surface area is 180 Å². The molecule has 2 saturated heterocycles. The lowest BCUT2D eigenvalue weighted by Crippen LogP contribution is -2.54. The molecule has 0 bridgehead atoms. The zero-order valence-corrected chi connectivity index (χ0v) is 19.0. The zero-order chi connectivity index (χ0) is 20.9. The van der Waals surface area contributed by atoms with E-state index in [0.717, 1.165) is 44.0 Å². The molecule has 0 spiro atoms. The molecule has 5 rings (SSSR count). The molecule has 4 unspecified atom stereocenters. The highest BCUT2D eigenvalue weighted by Gasteiger charge is 2.46. The van der Waals surface area contributed by atoms with Gasteiger partial charge in [0.2, 0.25) is 0 Å². The molecule has 2 saturated carbocycles. The number of hydrogen-bond acceptors (Lipinski definition) is 7. The van der Waals surface area contributed by atoms with Gasteiger partial charge in [-0.3, -0.25) is 10.3 Å². The smallest absolute Gasteiger partial charge is 0.132 e. The molecule has 7 heteroatoms. The number of nitrogens with zero attached hydrogens (tertiary/aromatic N) is 4. The van der Waals surface area contributed by atoms with Crippen LogP contribution in [0.3, 0.4) is 0 Å². The largest absolute Gasteiger partial charge is 0.372 e. The summed E-state index contributed by atoms with van der Waals surface area (Å²) < 4.78 is 6.44. The minimum absolute atomic E-state index is 0.156. The van der Waals surface area contributed by atoms with Crippen molar-refractivity contribution < 1.29 is 4.74 Å².